The van der Waals surface area contributed by atoms with E-state index in [1.54, 1.807) is 20.8 Å². The second-order valence-corrected chi connectivity index (χ2v) is 4.99. The van der Waals surface area contributed by atoms with Crippen molar-refractivity contribution in [3.05, 3.63) is 0 Å². The Labute approximate surface area is 105 Å². The Hall–Kier alpha value is -1.79. The van der Waals surface area contributed by atoms with Gasteiger partial charge >= 0.3 is 12.1 Å². The monoisotopic (exact) mass is 258 g/mol. The lowest BCUT2D eigenvalue weighted by Gasteiger charge is -2.37. The number of esters is 1. The smallest absolute Gasteiger partial charge is 0.408 e. The molecule has 0 unspecified atom stereocenters. The predicted molar refractivity (Wildman–Crippen MR) is 61.8 cm³/mol. The van der Waals surface area contributed by atoms with Gasteiger partial charge in [0.05, 0.1) is 13.7 Å². The SMILES string of the molecule is COC(=O)CN1C[C@@H](NC(=O)OC(C)(C)C)C1=O. The van der Waals surface area contributed by atoms with Gasteiger partial charge in [-0.15, -0.1) is 0 Å². The van der Waals surface area contributed by atoms with Crippen LogP contribution < -0.4 is 5.32 Å². The minimum absolute atomic E-state index is 0.0954. The molecule has 0 aliphatic carbocycles. The summed E-state index contributed by atoms with van der Waals surface area (Å²) < 4.78 is 9.46. The number of nitrogens with zero attached hydrogens (tertiary/aromatic N) is 1. The van der Waals surface area contributed by atoms with Gasteiger partial charge in [-0.05, 0) is 20.8 Å². The van der Waals surface area contributed by atoms with Crippen molar-refractivity contribution in [3.63, 3.8) is 0 Å². The van der Waals surface area contributed by atoms with Crippen molar-refractivity contribution in [2.75, 3.05) is 20.2 Å². The molecule has 0 aromatic rings. The van der Waals surface area contributed by atoms with Crippen molar-refractivity contribution >= 4 is 18.0 Å². The number of β-lactam (4-membered cyclic amide) rings is 1. The quantitative estimate of drug-likeness (QED) is 0.564. The molecular weight excluding hydrogens is 240 g/mol. The molecule has 0 aromatic carbocycles. The average Bonchev–Trinajstić information content (AvgIpc) is 2.24. The summed E-state index contributed by atoms with van der Waals surface area (Å²) in [6.45, 7) is 5.39. The van der Waals surface area contributed by atoms with Gasteiger partial charge in [0, 0.05) is 0 Å². The molecular formula is C11H18N2O5. The lowest BCUT2D eigenvalue weighted by Crippen LogP contribution is -2.65. The Kier molecular flexibility index (Phi) is 4.15. The number of ether oxygens (including phenoxy) is 2. The molecule has 1 atom stereocenters. The van der Waals surface area contributed by atoms with Crippen LogP contribution in [0.1, 0.15) is 20.8 Å². The largest absolute Gasteiger partial charge is 0.468 e. The number of hydrogen-bond donors (Lipinski definition) is 1. The summed E-state index contributed by atoms with van der Waals surface area (Å²) >= 11 is 0. The van der Waals surface area contributed by atoms with E-state index in [0.717, 1.165) is 0 Å². The zero-order chi connectivity index (χ0) is 13.9. The fraction of sp³-hybridized carbons (Fsp3) is 0.727. The minimum Gasteiger partial charge on any atom is -0.468 e. The summed E-state index contributed by atoms with van der Waals surface area (Å²) in [5, 5.41) is 2.44. The second kappa shape index (κ2) is 5.24. The molecule has 1 N–H and O–H groups in total. The highest BCUT2D eigenvalue weighted by atomic mass is 16.6. The van der Waals surface area contributed by atoms with Gasteiger partial charge in [-0.25, -0.2) is 4.79 Å². The Morgan fingerprint density at radius 1 is 1.44 bits per heavy atom. The van der Waals surface area contributed by atoms with Crippen LogP contribution >= 0.6 is 0 Å². The van der Waals surface area contributed by atoms with Gasteiger partial charge in [-0.2, -0.15) is 0 Å². The molecule has 1 heterocycles. The number of rotatable bonds is 3. The van der Waals surface area contributed by atoms with Crippen molar-refractivity contribution in [1.82, 2.24) is 10.2 Å². The lowest BCUT2D eigenvalue weighted by molar-refractivity contribution is -0.154. The topological polar surface area (TPSA) is 84.9 Å². The second-order valence-electron chi connectivity index (χ2n) is 4.99. The first kappa shape index (κ1) is 14.3. The first-order valence-corrected chi connectivity index (χ1v) is 5.58. The number of nitrogens with one attached hydrogen (secondary N) is 1. The van der Waals surface area contributed by atoms with Gasteiger partial charge in [0.25, 0.3) is 0 Å². The molecule has 102 valence electrons. The summed E-state index contributed by atoms with van der Waals surface area (Å²) in [5.41, 5.74) is -0.609. The van der Waals surface area contributed by atoms with Gasteiger partial charge in [0.15, 0.2) is 0 Å². The highest BCUT2D eigenvalue weighted by molar-refractivity contribution is 5.93. The molecule has 7 nitrogen and oxygen atoms in total. The predicted octanol–water partition coefficient (Wildman–Crippen LogP) is -0.105. The normalized spacial score (nSPS) is 19.0. The Morgan fingerprint density at radius 2 is 2.06 bits per heavy atom. The third-order valence-corrected chi connectivity index (χ3v) is 2.25. The third kappa shape index (κ3) is 3.90. The summed E-state index contributed by atoms with van der Waals surface area (Å²) in [6.07, 6.45) is -0.640. The number of amides is 2. The maximum atomic E-state index is 11.6. The van der Waals surface area contributed by atoms with Crippen molar-refractivity contribution in [3.8, 4) is 0 Å². The number of methoxy groups -OCH3 is 1. The van der Waals surface area contributed by atoms with E-state index < -0.39 is 23.7 Å². The Morgan fingerprint density at radius 3 is 2.50 bits per heavy atom. The summed E-state index contributed by atoms with van der Waals surface area (Å²) in [7, 11) is 1.25. The molecule has 1 aliphatic heterocycles. The van der Waals surface area contributed by atoms with Crippen molar-refractivity contribution < 1.29 is 23.9 Å². The van der Waals surface area contributed by atoms with Crippen LogP contribution in [0.5, 0.6) is 0 Å². The summed E-state index contributed by atoms with van der Waals surface area (Å²) in [5.74, 6) is -0.801. The van der Waals surface area contributed by atoms with Crippen LogP contribution in [0.2, 0.25) is 0 Å². The van der Waals surface area contributed by atoms with E-state index in [1.165, 1.54) is 12.0 Å². The van der Waals surface area contributed by atoms with E-state index in [9.17, 15) is 14.4 Å². The van der Waals surface area contributed by atoms with Gasteiger partial charge < -0.3 is 19.7 Å². The summed E-state index contributed by atoms with van der Waals surface area (Å²) in [4.78, 5) is 35.2. The molecule has 1 fully saturated rings. The molecule has 0 radical (unpaired) electrons. The van der Waals surface area contributed by atoms with Crippen LogP contribution in [0.4, 0.5) is 4.79 Å². The third-order valence-electron chi connectivity index (χ3n) is 2.25. The molecule has 1 rings (SSSR count). The standard InChI is InChI=1S/C11H18N2O5/c1-11(2,3)18-10(16)12-7-5-13(9(7)15)6-8(14)17-4/h7H,5-6H2,1-4H3,(H,12,16)/t7-/m1/s1. The zero-order valence-corrected chi connectivity index (χ0v) is 11.0. The zero-order valence-electron chi connectivity index (χ0n) is 11.0. The minimum atomic E-state index is -0.640. The molecule has 1 saturated heterocycles. The fourth-order valence-electron chi connectivity index (χ4n) is 1.42. The number of hydrogen-bond acceptors (Lipinski definition) is 5. The number of likely N-dealkylation sites (tertiary alicyclic amines) is 1. The molecule has 7 heteroatoms. The molecule has 0 aromatic heterocycles. The number of carbonyl (C=O) groups is 3. The first-order chi connectivity index (χ1) is 8.23. The highest BCUT2D eigenvalue weighted by Crippen LogP contribution is 2.12. The maximum absolute atomic E-state index is 11.6. The van der Waals surface area contributed by atoms with E-state index >= 15 is 0 Å². The van der Waals surface area contributed by atoms with E-state index in [2.05, 4.69) is 10.1 Å². The van der Waals surface area contributed by atoms with Crippen LogP contribution in [0, 0.1) is 0 Å². The van der Waals surface area contributed by atoms with Crippen molar-refractivity contribution in [1.29, 1.82) is 0 Å². The summed E-state index contributed by atoms with van der Waals surface area (Å²) in [6, 6.07) is -0.621. The molecule has 2 amide bonds. The molecule has 0 saturated carbocycles. The first-order valence-electron chi connectivity index (χ1n) is 5.58. The van der Waals surface area contributed by atoms with Gasteiger partial charge in [-0.1, -0.05) is 0 Å². The highest BCUT2D eigenvalue weighted by Gasteiger charge is 2.39. The van der Waals surface area contributed by atoms with Gasteiger partial charge in [0.2, 0.25) is 5.91 Å². The number of carbonyl (C=O) groups excluding carboxylic acids is 3. The van der Waals surface area contributed by atoms with E-state index in [4.69, 9.17) is 4.74 Å². The molecule has 1 aliphatic rings. The average molecular weight is 258 g/mol. The Bertz CT molecular complexity index is 361. The van der Waals surface area contributed by atoms with E-state index in [-0.39, 0.29) is 19.0 Å². The van der Waals surface area contributed by atoms with Crippen LogP contribution in [0.15, 0.2) is 0 Å². The fourth-order valence-corrected chi connectivity index (χ4v) is 1.42. The van der Waals surface area contributed by atoms with Crippen LogP contribution in [-0.2, 0) is 19.1 Å². The number of alkyl carbamates (subject to hydrolysis) is 1. The van der Waals surface area contributed by atoms with Crippen LogP contribution in [-0.4, -0.2) is 54.7 Å². The van der Waals surface area contributed by atoms with Crippen molar-refractivity contribution in [2.45, 2.75) is 32.4 Å². The van der Waals surface area contributed by atoms with E-state index in [0.29, 0.717) is 0 Å². The van der Waals surface area contributed by atoms with Crippen molar-refractivity contribution in [2.24, 2.45) is 0 Å². The molecule has 0 spiro atoms. The van der Waals surface area contributed by atoms with Gasteiger partial charge in [-0.3, -0.25) is 9.59 Å². The van der Waals surface area contributed by atoms with Crippen LogP contribution in [0.3, 0.4) is 0 Å². The maximum Gasteiger partial charge on any atom is 0.408 e. The molecule has 0 bridgehead atoms. The lowest BCUT2D eigenvalue weighted by atomic mass is 10.1. The molecule has 18 heavy (non-hydrogen) atoms. The van der Waals surface area contributed by atoms with Crippen LogP contribution in [0.25, 0.3) is 0 Å². The van der Waals surface area contributed by atoms with Gasteiger partial charge in [0.1, 0.15) is 18.2 Å². The Balaban J connectivity index is 2.34. The van der Waals surface area contributed by atoms with E-state index in [1.807, 2.05) is 0 Å².